The van der Waals surface area contributed by atoms with Crippen LogP contribution in [0.25, 0.3) is 0 Å². The van der Waals surface area contributed by atoms with E-state index >= 15 is 0 Å². The number of benzene rings is 1. The monoisotopic (exact) mass is 248 g/mol. The summed E-state index contributed by atoms with van der Waals surface area (Å²) in [5.41, 5.74) is 1.20. The Labute approximate surface area is 84.5 Å². The van der Waals surface area contributed by atoms with E-state index in [4.69, 9.17) is 0 Å². The Balaban J connectivity index is 2.41. The van der Waals surface area contributed by atoms with E-state index in [1.165, 1.54) is 24.7 Å². The van der Waals surface area contributed by atoms with Crippen molar-refractivity contribution in [3.05, 3.63) is 34.3 Å². The van der Waals surface area contributed by atoms with Gasteiger partial charge in [0.25, 0.3) is 0 Å². The van der Waals surface area contributed by atoms with Crippen LogP contribution in [0.15, 0.2) is 28.7 Å². The van der Waals surface area contributed by atoms with Crippen LogP contribution in [0.4, 0.5) is 0 Å². The van der Waals surface area contributed by atoms with E-state index in [1.807, 2.05) is 24.3 Å². The Morgan fingerprint density at radius 1 is 1.50 bits per heavy atom. The van der Waals surface area contributed by atoms with E-state index < -0.39 is 0 Å². The van der Waals surface area contributed by atoms with Crippen LogP contribution < -0.4 is 0 Å². The maximum absolute atomic E-state index is 4.68. The zero-order valence-electron chi connectivity index (χ0n) is 6.62. The lowest BCUT2D eigenvalue weighted by Crippen LogP contribution is -1.82. The molecule has 12 heavy (non-hydrogen) atoms. The summed E-state index contributed by atoms with van der Waals surface area (Å²) in [5, 5.41) is 0. The topological polar surface area (TPSA) is 18.5 Å². The lowest BCUT2D eigenvalue weighted by Gasteiger charge is -1.99. The van der Waals surface area contributed by atoms with Crippen molar-refractivity contribution in [1.29, 1.82) is 0 Å². The van der Waals surface area contributed by atoms with Gasteiger partial charge in [0.15, 0.2) is 0 Å². The molecule has 0 aliphatic heterocycles. The molecular formula is C8H9BrO2S. The third-order valence-corrected chi connectivity index (χ3v) is 2.41. The van der Waals surface area contributed by atoms with Gasteiger partial charge in [0.2, 0.25) is 0 Å². The Kier molecular flexibility index (Phi) is 4.68. The van der Waals surface area contributed by atoms with Crippen molar-refractivity contribution < 1.29 is 9.22 Å². The fraction of sp³-hybridized carbons (Fsp3) is 0.250. The molecule has 0 spiro atoms. The maximum atomic E-state index is 4.68. The summed E-state index contributed by atoms with van der Waals surface area (Å²) in [5.74, 6) is 0.785. The predicted molar refractivity (Wildman–Crippen MR) is 53.5 cm³/mol. The van der Waals surface area contributed by atoms with Crippen molar-refractivity contribution in [2.24, 2.45) is 0 Å². The van der Waals surface area contributed by atoms with Gasteiger partial charge in [-0.15, -0.1) is 0 Å². The summed E-state index contributed by atoms with van der Waals surface area (Å²) in [6.07, 6.45) is 0. The molecule has 66 valence electrons. The molecule has 0 aliphatic rings. The summed E-state index contributed by atoms with van der Waals surface area (Å²) in [6, 6.07) is 8.07. The highest BCUT2D eigenvalue weighted by Gasteiger charge is 1.94. The third-order valence-electron chi connectivity index (χ3n) is 1.23. The lowest BCUT2D eigenvalue weighted by molar-refractivity contribution is -0.160. The second-order valence-electron chi connectivity index (χ2n) is 2.13. The Morgan fingerprint density at radius 2 is 2.33 bits per heavy atom. The van der Waals surface area contributed by atoms with Gasteiger partial charge in [-0.3, -0.25) is 0 Å². The fourth-order valence-corrected chi connectivity index (χ4v) is 1.67. The number of hydrogen-bond acceptors (Lipinski definition) is 3. The van der Waals surface area contributed by atoms with E-state index in [0.717, 1.165) is 10.2 Å². The second kappa shape index (κ2) is 5.59. The summed E-state index contributed by atoms with van der Waals surface area (Å²) in [7, 11) is 1.49. The molecule has 0 N–H and O–H groups in total. The molecule has 0 atom stereocenters. The maximum Gasteiger partial charge on any atom is 0.0725 e. The number of rotatable bonds is 4. The fourth-order valence-electron chi connectivity index (χ4n) is 0.767. The van der Waals surface area contributed by atoms with Crippen molar-refractivity contribution in [3.8, 4) is 0 Å². The first-order valence-electron chi connectivity index (χ1n) is 3.39. The first-order chi connectivity index (χ1) is 5.83. The van der Waals surface area contributed by atoms with E-state index in [0.29, 0.717) is 0 Å². The Morgan fingerprint density at radius 3 is 3.00 bits per heavy atom. The molecule has 0 radical (unpaired) electrons. The Hall–Kier alpha value is -0.0300. The first kappa shape index (κ1) is 10.1. The minimum absolute atomic E-state index is 0.785. The molecule has 0 amide bonds. The van der Waals surface area contributed by atoms with E-state index in [-0.39, 0.29) is 0 Å². The molecule has 1 rings (SSSR count). The van der Waals surface area contributed by atoms with Crippen LogP contribution in [0.3, 0.4) is 0 Å². The molecule has 1 aromatic rings. The zero-order chi connectivity index (χ0) is 8.81. The highest BCUT2D eigenvalue weighted by molar-refractivity contribution is 9.10. The average molecular weight is 249 g/mol. The van der Waals surface area contributed by atoms with Gasteiger partial charge in [-0.2, -0.15) is 4.33 Å². The molecule has 0 unspecified atom stereocenters. The van der Waals surface area contributed by atoms with Gasteiger partial charge >= 0.3 is 0 Å². The SMILES string of the molecule is COOSCc1cccc(Br)c1. The van der Waals surface area contributed by atoms with Crippen molar-refractivity contribution in [1.82, 2.24) is 0 Å². The highest BCUT2D eigenvalue weighted by atomic mass is 79.9. The molecule has 2 nitrogen and oxygen atoms in total. The van der Waals surface area contributed by atoms with Crippen LogP contribution in [-0.2, 0) is 15.0 Å². The summed E-state index contributed by atoms with van der Waals surface area (Å²) in [4.78, 5) is 4.45. The summed E-state index contributed by atoms with van der Waals surface area (Å²) in [6.45, 7) is 0. The van der Waals surface area contributed by atoms with Crippen LogP contribution in [0.2, 0.25) is 0 Å². The molecule has 0 fully saturated rings. The lowest BCUT2D eigenvalue weighted by atomic mass is 10.2. The van der Waals surface area contributed by atoms with Gasteiger partial charge in [-0.05, 0) is 17.7 Å². The van der Waals surface area contributed by atoms with Crippen LogP contribution in [0.5, 0.6) is 0 Å². The molecule has 0 saturated carbocycles. The van der Waals surface area contributed by atoms with E-state index in [9.17, 15) is 0 Å². The van der Waals surface area contributed by atoms with Crippen molar-refractivity contribution >= 4 is 28.0 Å². The van der Waals surface area contributed by atoms with E-state index in [1.54, 1.807) is 0 Å². The Bertz CT molecular complexity index is 242. The average Bonchev–Trinajstić information content (AvgIpc) is 2.05. The minimum atomic E-state index is 0.785. The molecule has 0 saturated heterocycles. The van der Waals surface area contributed by atoms with Crippen LogP contribution in [0.1, 0.15) is 5.56 Å². The van der Waals surface area contributed by atoms with Gasteiger partial charge in [0, 0.05) is 22.3 Å². The first-order valence-corrected chi connectivity index (χ1v) is 5.10. The van der Waals surface area contributed by atoms with Gasteiger partial charge < -0.3 is 0 Å². The van der Waals surface area contributed by atoms with Crippen molar-refractivity contribution in [2.75, 3.05) is 7.11 Å². The molecule has 0 aromatic heterocycles. The quantitative estimate of drug-likeness (QED) is 0.353. The molecule has 0 bridgehead atoms. The smallest absolute Gasteiger partial charge is 0.0725 e. The highest BCUT2D eigenvalue weighted by Crippen LogP contribution is 2.17. The number of halogens is 1. The minimum Gasteiger partial charge on any atom is -0.228 e. The van der Waals surface area contributed by atoms with Crippen LogP contribution in [0, 0.1) is 0 Å². The molecule has 1 aromatic carbocycles. The zero-order valence-corrected chi connectivity index (χ0v) is 9.02. The predicted octanol–water partition coefficient (Wildman–Crippen LogP) is 3.18. The van der Waals surface area contributed by atoms with Crippen LogP contribution >= 0.6 is 28.0 Å². The summed E-state index contributed by atoms with van der Waals surface area (Å²) >= 11 is 4.66. The van der Waals surface area contributed by atoms with E-state index in [2.05, 4.69) is 25.2 Å². The van der Waals surface area contributed by atoms with Crippen molar-refractivity contribution in [2.45, 2.75) is 5.75 Å². The number of hydrogen-bond donors (Lipinski definition) is 0. The molecule has 0 heterocycles. The second-order valence-corrected chi connectivity index (χ2v) is 3.70. The summed E-state index contributed by atoms with van der Waals surface area (Å²) < 4.78 is 5.76. The van der Waals surface area contributed by atoms with Gasteiger partial charge in [-0.1, -0.05) is 28.1 Å². The largest absolute Gasteiger partial charge is 0.228 e. The normalized spacial score (nSPS) is 10.2. The standard InChI is InChI=1S/C8H9BrO2S/c1-10-11-12-6-7-3-2-4-8(9)5-7/h2-5H,6H2,1H3. The molecule has 4 heteroatoms. The van der Waals surface area contributed by atoms with Crippen molar-refractivity contribution in [3.63, 3.8) is 0 Å². The van der Waals surface area contributed by atoms with Crippen LogP contribution in [-0.4, -0.2) is 7.11 Å². The molecular weight excluding hydrogens is 240 g/mol. The molecule has 0 aliphatic carbocycles. The van der Waals surface area contributed by atoms with Gasteiger partial charge in [0.1, 0.15) is 0 Å². The third kappa shape index (κ3) is 3.58. The van der Waals surface area contributed by atoms with Gasteiger partial charge in [-0.25, -0.2) is 4.89 Å². The van der Waals surface area contributed by atoms with Gasteiger partial charge in [0.05, 0.1) is 7.11 Å².